The number of halogens is 1. The molecule has 0 fully saturated rings. The third kappa shape index (κ3) is 2.50. The molecule has 0 aliphatic carbocycles. The van der Waals surface area contributed by atoms with Gasteiger partial charge in [-0.05, 0) is 30.9 Å². The van der Waals surface area contributed by atoms with Gasteiger partial charge in [-0.1, -0.05) is 19.9 Å². The zero-order valence-electron chi connectivity index (χ0n) is 7.89. The van der Waals surface area contributed by atoms with E-state index < -0.39 is 0 Å². The first-order chi connectivity index (χ1) is 5.74. The number of nitrogens with one attached hydrogen (secondary N) is 1. The summed E-state index contributed by atoms with van der Waals surface area (Å²) in [4.78, 5) is 0. The highest BCUT2D eigenvalue weighted by molar-refractivity contribution is 4.94. The number of hydrogen-bond acceptors (Lipinski definition) is 1. The lowest BCUT2D eigenvalue weighted by atomic mass is 9.89. The smallest absolute Gasteiger partial charge is 0.0920 e. The molecule has 1 N–H and O–H groups in total. The lowest BCUT2D eigenvalue weighted by molar-refractivity contribution is 0.286. The molecule has 1 aliphatic rings. The third-order valence-electron chi connectivity index (χ3n) is 2.54. The predicted molar refractivity (Wildman–Crippen MR) is 49.6 cm³/mol. The molecule has 0 unspecified atom stereocenters. The van der Waals surface area contributed by atoms with Crippen LogP contribution in [0.5, 0.6) is 0 Å². The molecule has 0 spiro atoms. The van der Waals surface area contributed by atoms with Crippen LogP contribution in [0.4, 0.5) is 4.39 Å². The molecule has 0 aromatic carbocycles. The maximum atomic E-state index is 12.2. The SMILES string of the molecule is C[C@H](CF)C[C@H]1NC=CC[C@H]1C. The Bertz CT molecular complexity index is 156. The van der Waals surface area contributed by atoms with Crippen LogP contribution in [0.2, 0.25) is 0 Å². The molecule has 1 aliphatic heterocycles. The van der Waals surface area contributed by atoms with Gasteiger partial charge in [-0.2, -0.15) is 0 Å². The van der Waals surface area contributed by atoms with E-state index in [1.807, 2.05) is 13.1 Å². The van der Waals surface area contributed by atoms with E-state index >= 15 is 0 Å². The molecule has 1 rings (SSSR count). The molecule has 0 saturated heterocycles. The zero-order chi connectivity index (χ0) is 8.97. The van der Waals surface area contributed by atoms with Crippen LogP contribution in [0.3, 0.4) is 0 Å². The highest BCUT2D eigenvalue weighted by Crippen LogP contribution is 2.19. The molecule has 0 saturated carbocycles. The molecule has 0 bridgehead atoms. The van der Waals surface area contributed by atoms with Crippen molar-refractivity contribution in [2.75, 3.05) is 6.67 Å². The van der Waals surface area contributed by atoms with Crippen LogP contribution >= 0.6 is 0 Å². The van der Waals surface area contributed by atoms with Gasteiger partial charge in [0.05, 0.1) is 6.67 Å². The van der Waals surface area contributed by atoms with Crippen molar-refractivity contribution in [3.63, 3.8) is 0 Å². The van der Waals surface area contributed by atoms with Gasteiger partial charge in [0, 0.05) is 6.04 Å². The first kappa shape index (κ1) is 9.56. The Kier molecular flexibility index (Phi) is 3.57. The van der Waals surface area contributed by atoms with Gasteiger partial charge in [-0.15, -0.1) is 0 Å². The summed E-state index contributed by atoms with van der Waals surface area (Å²) in [6.45, 7) is 3.98. The van der Waals surface area contributed by atoms with E-state index in [2.05, 4.69) is 18.3 Å². The van der Waals surface area contributed by atoms with E-state index in [0.29, 0.717) is 12.0 Å². The van der Waals surface area contributed by atoms with Crippen LogP contribution in [0.15, 0.2) is 12.3 Å². The Hall–Kier alpha value is -0.530. The number of alkyl halides is 1. The van der Waals surface area contributed by atoms with E-state index in [-0.39, 0.29) is 12.6 Å². The largest absolute Gasteiger partial charge is 0.388 e. The summed E-state index contributed by atoms with van der Waals surface area (Å²) in [6, 6.07) is 0.473. The van der Waals surface area contributed by atoms with Gasteiger partial charge in [-0.25, -0.2) is 0 Å². The van der Waals surface area contributed by atoms with E-state index in [9.17, 15) is 4.39 Å². The Balaban J connectivity index is 2.35. The van der Waals surface area contributed by atoms with Crippen molar-refractivity contribution in [2.24, 2.45) is 11.8 Å². The average Bonchev–Trinajstić information content (AvgIpc) is 2.09. The molecule has 1 nitrogen and oxygen atoms in total. The minimum Gasteiger partial charge on any atom is -0.388 e. The fourth-order valence-electron chi connectivity index (χ4n) is 1.60. The normalized spacial score (nSPS) is 31.2. The van der Waals surface area contributed by atoms with E-state index in [4.69, 9.17) is 0 Å². The Morgan fingerprint density at radius 3 is 3.00 bits per heavy atom. The monoisotopic (exact) mass is 171 g/mol. The second kappa shape index (κ2) is 4.48. The van der Waals surface area contributed by atoms with Crippen LogP contribution < -0.4 is 5.32 Å². The lowest BCUT2D eigenvalue weighted by Gasteiger charge is -2.28. The fourth-order valence-corrected chi connectivity index (χ4v) is 1.60. The molecule has 1 heterocycles. The minimum atomic E-state index is -0.200. The quantitative estimate of drug-likeness (QED) is 0.688. The maximum absolute atomic E-state index is 12.2. The highest BCUT2D eigenvalue weighted by Gasteiger charge is 2.19. The topological polar surface area (TPSA) is 12.0 Å². The number of hydrogen-bond donors (Lipinski definition) is 1. The number of rotatable bonds is 3. The van der Waals surface area contributed by atoms with E-state index in [1.165, 1.54) is 0 Å². The Morgan fingerprint density at radius 1 is 1.67 bits per heavy atom. The van der Waals surface area contributed by atoms with Gasteiger partial charge in [0.2, 0.25) is 0 Å². The minimum absolute atomic E-state index is 0.191. The van der Waals surface area contributed by atoms with Gasteiger partial charge in [0.15, 0.2) is 0 Å². The van der Waals surface area contributed by atoms with Crippen LogP contribution in [-0.4, -0.2) is 12.7 Å². The van der Waals surface area contributed by atoms with Crippen LogP contribution in [0.1, 0.15) is 26.7 Å². The molecule has 0 radical (unpaired) electrons. The number of allylic oxidation sites excluding steroid dienone is 1. The van der Waals surface area contributed by atoms with E-state index in [0.717, 1.165) is 12.8 Å². The zero-order valence-corrected chi connectivity index (χ0v) is 7.89. The molecule has 0 aromatic heterocycles. The summed E-state index contributed by atoms with van der Waals surface area (Å²) >= 11 is 0. The average molecular weight is 171 g/mol. The first-order valence-corrected chi connectivity index (χ1v) is 4.71. The van der Waals surface area contributed by atoms with Gasteiger partial charge >= 0.3 is 0 Å². The fraction of sp³-hybridized carbons (Fsp3) is 0.800. The Morgan fingerprint density at radius 2 is 2.42 bits per heavy atom. The van der Waals surface area contributed by atoms with Crippen molar-refractivity contribution in [3.8, 4) is 0 Å². The molecular formula is C10H18FN. The summed E-state index contributed by atoms with van der Waals surface area (Å²) < 4.78 is 12.2. The van der Waals surface area contributed by atoms with Crippen molar-refractivity contribution >= 4 is 0 Å². The maximum Gasteiger partial charge on any atom is 0.0920 e. The Labute approximate surface area is 74.0 Å². The van der Waals surface area contributed by atoms with Crippen LogP contribution in [-0.2, 0) is 0 Å². The molecule has 3 atom stereocenters. The summed E-state index contributed by atoms with van der Waals surface area (Å²) in [7, 11) is 0. The van der Waals surface area contributed by atoms with Gasteiger partial charge in [-0.3, -0.25) is 4.39 Å². The van der Waals surface area contributed by atoms with Gasteiger partial charge in [0.1, 0.15) is 0 Å². The van der Waals surface area contributed by atoms with Gasteiger partial charge < -0.3 is 5.32 Å². The summed E-state index contributed by atoms with van der Waals surface area (Å²) in [5.74, 6) is 0.834. The second-order valence-corrected chi connectivity index (χ2v) is 3.88. The van der Waals surface area contributed by atoms with Crippen LogP contribution in [0, 0.1) is 11.8 Å². The predicted octanol–water partition coefficient (Wildman–Crippen LogP) is 2.49. The van der Waals surface area contributed by atoms with E-state index in [1.54, 1.807) is 0 Å². The molecule has 2 heteroatoms. The standard InChI is InChI=1S/C10H18FN/c1-8(7-11)6-10-9(2)4-3-5-12-10/h3,5,8-10,12H,4,6-7H2,1-2H3/t8-,9+,10+/m0/s1. The van der Waals surface area contributed by atoms with Crippen molar-refractivity contribution in [1.29, 1.82) is 0 Å². The lowest BCUT2D eigenvalue weighted by Crippen LogP contribution is -2.35. The molecule has 12 heavy (non-hydrogen) atoms. The summed E-state index contributed by atoms with van der Waals surface area (Å²) in [5, 5.41) is 3.29. The van der Waals surface area contributed by atoms with Crippen molar-refractivity contribution in [1.82, 2.24) is 5.32 Å². The van der Waals surface area contributed by atoms with Crippen molar-refractivity contribution in [3.05, 3.63) is 12.3 Å². The first-order valence-electron chi connectivity index (χ1n) is 4.71. The van der Waals surface area contributed by atoms with Crippen molar-refractivity contribution in [2.45, 2.75) is 32.7 Å². The summed E-state index contributed by atoms with van der Waals surface area (Å²) in [6.07, 6.45) is 6.20. The third-order valence-corrected chi connectivity index (χ3v) is 2.54. The van der Waals surface area contributed by atoms with Gasteiger partial charge in [0.25, 0.3) is 0 Å². The molecule has 0 amide bonds. The molecular weight excluding hydrogens is 153 g/mol. The van der Waals surface area contributed by atoms with Crippen LogP contribution in [0.25, 0.3) is 0 Å². The highest BCUT2D eigenvalue weighted by atomic mass is 19.1. The molecule has 70 valence electrons. The second-order valence-electron chi connectivity index (χ2n) is 3.88. The van der Waals surface area contributed by atoms with Crippen molar-refractivity contribution < 1.29 is 4.39 Å². The molecule has 0 aromatic rings. The summed E-state index contributed by atoms with van der Waals surface area (Å²) in [5.41, 5.74) is 0.